The molecule has 0 saturated carbocycles. The van der Waals surface area contributed by atoms with Crippen LogP contribution in [0.25, 0.3) is 15.9 Å². The van der Waals surface area contributed by atoms with Gasteiger partial charge in [0.05, 0.1) is 30.5 Å². The first-order chi connectivity index (χ1) is 15.0. The summed E-state index contributed by atoms with van der Waals surface area (Å²) in [5, 5.41) is 11.5. The molecule has 0 bridgehead atoms. The number of nitrogens with zero attached hydrogens (tertiary/aromatic N) is 4. The largest absolute Gasteiger partial charge is 0.465 e. The Morgan fingerprint density at radius 3 is 2.90 bits per heavy atom. The first-order valence-corrected chi connectivity index (χ1v) is 13.7. The van der Waals surface area contributed by atoms with Gasteiger partial charge in [-0.15, -0.1) is 21.5 Å². The minimum Gasteiger partial charge on any atom is -0.465 e. The van der Waals surface area contributed by atoms with Crippen molar-refractivity contribution in [1.82, 2.24) is 19.6 Å². The van der Waals surface area contributed by atoms with Crippen LogP contribution >= 0.6 is 34.9 Å². The van der Waals surface area contributed by atoms with Crippen molar-refractivity contribution < 1.29 is 14.3 Å². The van der Waals surface area contributed by atoms with Gasteiger partial charge in [0, 0.05) is 11.3 Å². The topological polar surface area (TPSA) is 78.6 Å². The molecule has 1 aliphatic heterocycles. The van der Waals surface area contributed by atoms with Crippen molar-refractivity contribution in [3.63, 3.8) is 0 Å². The van der Waals surface area contributed by atoms with Crippen molar-refractivity contribution >= 4 is 56.7 Å². The van der Waals surface area contributed by atoms with Gasteiger partial charge in [-0.25, -0.2) is 9.38 Å². The number of rotatable bonds is 9. The molecule has 10 heteroatoms. The predicted molar refractivity (Wildman–Crippen MR) is 126 cm³/mol. The Morgan fingerprint density at radius 2 is 2.16 bits per heavy atom. The zero-order valence-electron chi connectivity index (χ0n) is 18.3. The van der Waals surface area contributed by atoms with Crippen LogP contribution in [0.3, 0.4) is 0 Å². The molecular formula is C21H28N4O3S3. The third kappa shape index (κ3) is 4.72. The number of thiophene rings is 1. The standard InChI is InChI=1S/C21H28N4O3S3/c1-5-6-7-8-27-16(26)11-30-21-24-23-18-17-13-9-14(12(2)3)28-10-15(13)31-19(17)22-20(29-4)25(18)21/h12,14H,5-11H2,1-4H3. The summed E-state index contributed by atoms with van der Waals surface area (Å²) >= 11 is 4.59. The molecule has 0 spiro atoms. The van der Waals surface area contributed by atoms with Crippen LogP contribution in [0, 0.1) is 5.92 Å². The molecule has 168 valence electrons. The van der Waals surface area contributed by atoms with Crippen LogP contribution in [0.1, 0.15) is 50.5 Å². The fourth-order valence-corrected chi connectivity index (χ4v) is 6.19. The van der Waals surface area contributed by atoms with Crippen molar-refractivity contribution in [3.8, 4) is 0 Å². The Hall–Kier alpha value is -1.36. The van der Waals surface area contributed by atoms with E-state index in [1.54, 1.807) is 23.1 Å². The van der Waals surface area contributed by atoms with Crippen LogP contribution in [0.4, 0.5) is 0 Å². The summed E-state index contributed by atoms with van der Waals surface area (Å²) in [7, 11) is 0. The number of hydrogen-bond acceptors (Lipinski definition) is 9. The molecule has 7 nitrogen and oxygen atoms in total. The lowest BCUT2D eigenvalue weighted by Crippen LogP contribution is -2.26. The number of aromatic nitrogens is 4. The monoisotopic (exact) mass is 480 g/mol. The van der Waals surface area contributed by atoms with Gasteiger partial charge in [-0.05, 0) is 24.2 Å². The lowest BCUT2D eigenvalue weighted by Gasteiger charge is -2.26. The molecule has 0 fully saturated rings. The molecule has 0 N–H and O–H groups in total. The van der Waals surface area contributed by atoms with E-state index in [9.17, 15) is 4.79 Å². The first-order valence-electron chi connectivity index (χ1n) is 10.7. The molecule has 1 aliphatic rings. The van der Waals surface area contributed by atoms with E-state index < -0.39 is 0 Å². The molecule has 0 amide bonds. The maximum atomic E-state index is 12.1. The second-order valence-corrected chi connectivity index (χ2v) is 10.7. The average Bonchev–Trinajstić information content (AvgIpc) is 3.35. The smallest absolute Gasteiger partial charge is 0.316 e. The molecule has 4 rings (SSSR count). The third-order valence-corrected chi connectivity index (χ3v) is 8.05. The molecule has 1 atom stereocenters. The van der Waals surface area contributed by atoms with Gasteiger partial charge >= 0.3 is 5.97 Å². The molecule has 1 unspecified atom stereocenters. The second kappa shape index (κ2) is 10.1. The highest BCUT2D eigenvalue weighted by molar-refractivity contribution is 8.00. The molecule has 0 saturated heterocycles. The zero-order valence-corrected chi connectivity index (χ0v) is 20.8. The molecular weight excluding hydrogens is 452 g/mol. The Kier molecular flexibility index (Phi) is 7.40. The number of thioether (sulfide) groups is 2. The quantitative estimate of drug-likeness (QED) is 0.184. The van der Waals surface area contributed by atoms with Crippen LogP contribution in [-0.4, -0.2) is 50.3 Å². The summed E-state index contributed by atoms with van der Waals surface area (Å²) in [5.41, 5.74) is 2.10. The molecule has 0 radical (unpaired) electrons. The van der Waals surface area contributed by atoms with Gasteiger partial charge in [-0.2, -0.15) is 0 Å². The maximum absolute atomic E-state index is 12.1. The fraction of sp³-hybridized carbons (Fsp3) is 0.619. The van der Waals surface area contributed by atoms with Gasteiger partial charge in [-0.3, -0.25) is 4.79 Å². The van der Waals surface area contributed by atoms with Crippen molar-refractivity contribution in [1.29, 1.82) is 0 Å². The van der Waals surface area contributed by atoms with Gasteiger partial charge < -0.3 is 9.47 Å². The van der Waals surface area contributed by atoms with E-state index in [1.807, 2.05) is 10.7 Å². The van der Waals surface area contributed by atoms with Crippen molar-refractivity contribution in [2.24, 2.45) is 5.92 Å². The number of fused-ring (bicyclic) bond motifs is 5. The van der Waals surface area contributed by atoms with Gasteiger partial charge in [-0.1, -0.05) is 57.1 Å². The summed E-state index contributed by atoms with van der Waals surface area (Å²) in [6, 6.07) is 0. The predicted octanol–water partition coefficient (Wildman–Crippen LogP) is 4.98. The van der Waals surface area contributed by atoms with Crippen LogP contribution in [-0.2, 0) is 27.3 Å². The SMILES string of the molecule is CCCCCOC(=O)CSc1nnc2c3c4c(sc3nc(SC)n12)COC(C(C)C)C4. The summed E-state index contributed by atoms with van der Waals surface area (Å²) in [4.78, 5) is 19.2. The van der Waals surface area contributed by atoms with E-state index in [0.29, 0.717) is 24.3 Å². The molecule has 3 aromatic heterocycles. The maximum Gasteiger partial charge on any atom is 0.316 e. The number of esters is 1. The van der Waals surface area contributed by atoms with E-state index in [2.05, 4.69) is 31.0 Å². The lowest BCUT2D eigenvalue weighted by molar-refractivity contribution is -0.140. The Bertz CT molecular complexity index is 1080. The highest BCUT2D eigenvalue weighted by Crippen LogP contribution is 2.40. The van der Waals surface area contributed by atoms with Gasteiger partial charge in [0.15, 0.2) is 16.0 Å². The Labute approximate surface area is 194 Å². The Morgan fingerprint density at radius 1 is 1.32 bits per heavy atom. The minimum atomic E-state index is -0.220. The highest BCUT2D eigenvalue weighted by Gasteiger charge is 2.29. The van der Waals surface area contributed by atoms with Crippen LogP contribution in [0.2, 0.25) is 0 Å². The van der Waals surface area contributed by atoms with E-state index >= 15 is 0 Å². The molecule has 3 aromatic rings. The number of unbranched alkanes of at least 4 members (excludes halogenated alkanes) is 2. The van der Waals surface area contributed by atoms with Crippen molar-refractivity contribution in [3.05, 3.63) is 10.4 Å². The summed E-state index contributed by atoms with van der Waals surface area (Å²) < 4.78 is 13.4. The zero-order chi connectivity index (χ0) is 22.0. The van der Waals surface area contributed by atoms with E-state index in [-0.39, 0.29) is 17.8 Å². The lowest BCUT2D eigenvalue weighted by atomic mass is 9.96. The van der Waals surface area contributed by atoms with E-state index in [0.717, 1.165) is 46.7 Å². The summed E-state index contributed by atoms with van der Waals surface area (Å²) in [6.45, 7) is 7.61. The van der Waals surface area contributed by atoms with Gasteiger partial charge in [0.1, 0.15) is 4.83 Å². The fourth-order valence-electron chi connectivity index (χ4n) is 3.69. The summed E-state index contributed by atoms with van der Waals surface area (Å²) in [5.74, 6) is 0.441. The molecule has 0 aliphatic carbocycles. The molecule has 0 aromatic carbocycles. The second-order valence-electron chi connectivity index (χ2n) is 7.94. The van der Waals surface area contributed by atoms with Crippen molar-refractivity contribution in [2.45, 2.75) is 69.5 Å². The number of carbonyl (C=O) groups excluding carboxylic acids is 1. The Balaban J connectivity index is 1.63. The molecule has 31 heavy (non-hydrogen) atoms. The average molecular weight is 481 g/mol. The van der Waals surface area contributed by atoms with Crippen LogP contribution in [0.5, 0.6) is 0 Å². The number of carbonyl (C=O) groups is 1. The van der Waals surface area contributed by atoms with Crippen LogP contribution < -0.4 is 0 Å². The molecule has 4 heterocycles. The number of ether oxygens (including phenoxy) is 2. The minimum absolute atomic E-state index is 0.199. The van der Waals surface area contributed by atoms with E-state index in [4.69, 9.17) is 14.5 Å². The normalized spacial score (nSPS) is 16.4. The number of hydrogen-bond donors (Lipinski definition) is 0. The van der Waals surface area contributed by atoms with E-state index in [1.165, 1.54) is 22.2 Å². The third-order valence-electron chi connectivity index (χ3n) is 5.41. The first kappa shape index (κ1) is 22.8. The summed E-state index contributed by atoms with van der Waals surface area (Å²) in [6.07, 6.45) is 6.14. The van der Waals surface area contributed by atoms with Crippen molar-refractivity contribution in [2.75, 3.05) is 18.6 Å². The van der Waals surface area contributed by atoms with Gasteiger partial charge in [0.2, 0.25) is 0 Å². The van der Waals surface area contributed by atoms with Gasteiger partial charge in [0.25, 0.3) is 0 Å². The van der Waals surface area contributed by atoms with Crippen LogP contribution in [0.15, 0.2) is 10.3 Å². The highest BCUT2D eigenvalue weighted by atomic mass is 32.2.